The molecule has 0 radical (unpaired) electrons. The molecule has 0 bridgehead atoms. The Balaban J connectivity index is 1.58. The summed E-state index contributed by atoms with van der Waals surface area (Å²) in [6.45, 7) is 6.89. The lowest BCUT2D eigenvalue weighted by atomic mass is 9.98. The molecule has 0 saturated carbocycles. The van der Waals surface area contributed by atoms with Crippen LogP contribution in [0.15, 0.2) is 0 Å². The minimum absolute atomic E-state index is 0.302. The molecule has 1 N–H and O–H groups in total. The molecule has 0 aliphatic carbocycles. The van der Waals surface area contributed by atoms with Gasteiger partial charge in [-0.1, -0.05) is 6.42 Å². The molecule has 2 unspecified atom stereocenters. The summed E-state index contributed by atoms with van der Waals surface area (Å²) in [7, 11) is 2.23. The van der Waals surface area contributed by atoms with Crippen LogP contribution in [0, 0.1) is 5.92 Å². The van der Waals surface area contributed by atoms with Gasteiger partial charge >= 0.3 is 0 Å². The van der Waals surface area contributed by atoms with E-state index in [1.165, 1.54) is 51.0 Å². The van der Waals surface area contributed by atoms with Crippen LogP contribution < -0.4 is 5.32 Å². The Hall–Kier alpha value is -0.940. The predicted octanol–water partition coefficient (Wildman–Crippen LogP) is 2.00. The van der Waals surface area contributed by atoms with Gasteiger partial charge in [0.2, 0.25) is 0 Å². The van der Waals surface area contributed by atoms with E-state index in [0.717, 1.165) is 31.3 Å². The first-order chi connectivity index (χ1) is 10.2. The number of nitrogens with one attached hydrogen (secondary N) is 1. The van der Waals surface area contributed by atoms with Crippen LogP contribution in [0.1, 0.15) is 56.7 Å². The number of likely N-dealkylation sites (tertiary alicyclic amines) is 1. The third-order valence-corrected chi connectivity index (χ3v) is 4.96. The standard InChI is InChI=1S/C16H29N5/c1-13(17-11-14-7-6-9-20(2)12-14)16-19-18-15-8-4-3-5-10-21(15)16/h13-14,17H,3-12H2,1-2H3. The van der Waals surface area contributed by atoms with Gasteiger partial charge in [-0.15, -0.1) is 10.2 Å². The molecule has 2 aliphatic rings. The Bertz CT molecular complexity index is 456. The Labute approximate surface area is 128 Å². The van der Waals surface area contributed by atoms with Crippen molar-refractivity contribution in [2.45, 2.75) is 58.0 Å². The number of hydrogen-bond donors (Lipinski definition) is 1. The summed E-state index contributed by atoms with van der Waals surface area (Å²) in [5, 5.41) is 12.6. The summed E-state index contributed by atoms with van der Waals surface area (Å²) in [4.78, 5) is 2.45. The summed E-state index contributed by atoms with van der Waals surface area (Å²) >= 11 is 0. The second-order valence-electron chi connectivity index (χ2n) is 6.84. The summed E-state index contributed by atoms with van der Waals surface area (Å²) in [5.41, 5.74) is 0. The third kappa shape index (κ3) is 3.64. The van der Waals surface area contributed by atoms with Crippen LogP contribution in [0.4, 0.5) is 0 Å². The minimum Gasteiger partial charge on any atom is -0.314 e. The van der Waals surface area contributed by atoms with Crippen molar-refractivity contribution in [1.29, 1.82) is 0 Å². The largest absolute Gasteiger partial charge is 0.314 e. The van der Waals surface area contributed by atoms with Crippen molar-refractivity contribution >= 4 is 0 Å². The third-order valence-electron chi connectivity index (χ3n) is 4.96. The van der Waals surface area contributed by atoms with Crippen LogP contribution in [-0.2, 0) is 13.0 Å². The van der Waals surface area contributed by atoms with Crippen molar-refractivity contribution in [3.8, 4) is 0 Å². The molecular weight excluding hydrogens is 262 g/mol. The topological polar surface area (TPSA) is 46.0 Å². The summed E-state index contributed by atoms with van der Waals surface area (Å²) in [5.74, 6) is 3.10. The van der Waals surface area contributed by atoms with Crippen molar-refractivity contribution in [2.75, 3.05) is 26.7 Å². The maximum atomic E-state index is 4.46. The van der Waals surface area contributed by atoms with E-state index < -0.39 is 0 Å². The molecule has 5 nitrogen and oxygen atoms in total. The van der Waals surface area contributed by atoms with Crippen LogP contribution in [0.2, 0.25) is 0 Å². The Morgan fingerprint density at radius 1 is 1.19 bits per heavy atom. The van der Waals surface area contributed by atoms with E-state index in [0.29, 0.717) is 6.04 Å². The van der Waals surface area contributed by atoms with Crippen molar-refractivity contribution in [2.24, 2.45) is 5.92 Å². The summed E-state index contributed by atoms with van der Waals surface area (Å²) in [6.07, 6.45) is 7.61. The lowest BCUT2D eigenvalue weighted by Gasteiger charge is -2.30. The second kappa shape index (κ2) is 6.88. The van der Waals surface area contributed by atoms with E-state index in [1.54, 1.807) is 0 Å². The Kier molecular flexibility index (Phi) is 4.91. The molecule has 1 fully saturated rings. The molecule has 118 valence electrons. The van der Waals surface area contributed by atoms with Crippen molar-refractivity contribution < 1.29 is 0 Å². The highest BCUT2D eigenvalue weighted by Crippen LogP contribution is 2.20. The normalized spacial score (nSPS) is 25.3. The number of fused-ring (bicyclic) bond motifs is 1. The Morgan fingerprint density at radius 3 is 2.95 bits per heavy atom. The van der Waals surface area contributed by atoms with E-state index in [1.807, 2.05) is 0 Å². The van der Waals surface area contributed by atoms with E-state index in [9.17, 15) is 0 Å². The smallest absolute Gasteiger partial charge is 0.149 e. The predicted molar refractivity (Wildman–Crippen MR) is 84.2 cm³/mol. The van der Waals surface area contributed by atoms with Crippen molar-refractivity contribution in [1.82, 2.24) is 25.0 Å². The molecule has 0 amide bonds. The fourth-order valence-corrected chi connectivity index (χ4v) is 3.70. The summed E-state index contributed by atoms with van der Waals surface area (Å²) in [6, 6.07) is 0.302. The fourth-order valence-electron chi connectivity index (χ4n) is 3.70. The van der Waals surface area contributed by atoms with Gasteiger partial charge < -0.3 is 14.8 Å². The lowest BCUT2D eigenvalue weighted by Crippen LogP contribution is -2.38. The highest BCUT2D eigenvalue weighted by molar-refractivity contribution is 5.02. The van der Waals surface area contributed by atoms with Gasteiger partial charge in [0.05, 0.1) is 6.04 Å². The molecule has 21 heavy (non-hydrogen) atoms. The molecule has 3 heterocycles. The fraction of sp³-hybridized carbons (Fsp3) is 0.875. The second-order valence-corrected chi connectivity index (χ2v) is 6.84. The van der Waals surface area contributed by atoms with Crippen LogP contribution >= 0.6 is 0 Å². The average Bonchev–Trinajstić information content (AvgIpc) is 2.74. The average molecular weight is 291 g/mol. The first kappa shape index (κ1) is 15.0. The lowest BCUT2D eigenvalue weighted by molar-refractivity contribution is 0.203. The van der Waals surface area contributed by atoms with Gasteiger partial charge in [-0.2, -0.15) is 0 Å². The maximum Gasteiger partial charge on any atom is 0.149 e. The van der Waals surface area contributed by atoms with Crippen LogP contribution in [-0.4, -0.2) is 46.3 Å². The van der Waals surface area contributed by atoms with E-state index >= 15 is 0 Å². The number of rotatable bonds is 4. The molecule has 3 rings (SSSR count). The highest BCUT2D eigenvalue weighted by Gasteiger charge is 2.21. The van der Waals surface area contributed by atoms with Gasteiger partial charge in [0, 0.05) is 19.5 Å². The van der Waals surface area contributed by atoms with Gasteiger partial charge in [0.1, 0.15) is 11.6 Å². The molecule has 1 saturated heterocycles. The molecule has 0 spiro atoms. The minimum atomic E-state index is 0.302. The molecular formula is C16H29N5. The van der Waals surface area contributed by atoms with Gasteiger partial charge in [-0.05, 0) is 58.7 Å². The van der Waals surface area contributed by atoms with Crippen LogP contribution in [0.25, 0.3) is 0 Å². The molecule has 2 atom stereocenters. The van der Waals surface area contributed by atoms with Gasteiger partial charge in [0.15, 0.2) is 0 Å². The number of aromatic nitrogens is 3. The zero-order valence-corrected chi connectivity index (χ0v) is 13.5. The number of piperidine rings is 1. The zero-order chi connectivity index (χ0) is 14.7. The molecule has 1 aromatic heterocycles. The van der Waals surface area contributed by atoms with Crippen LogP contribution in [0.5, 0.6) is 0 Å². The van der Waals surface area contributed by atoms with Crippen molar-refractivity contribution in [3.05, 3.63) is 11.6 Å². The van der Waals surface area contributed by atoms with Gasteiger partial charge in [0.25, 0.3) is 0 Å². The summed E-state index contributed by atoms with van der Waals surface area (Å²) < 4.78 is 2.36. The zero-order valence-electron chi connectivity index (χ0n) is 13.5. The van der Waals surface area contributed by atoms with Gasteiger partial charge in [-0.25, -0.2) is 0 Å². The van der Waals surface area contributed by atoms with E-state index in [2.05, 4.69) is 39.0 Å². The van der Waals surface area contributed by atoms with Crippen molar-refractivity contribution in [3.63, 3.8) is 0 Å². The molecule has 0 aromatic carbocycles. The maximum absolute atomic E-state index is 4.46. The SMILES string of the molecule is CC(NCC1CCCN(C)C1)c1nnc2n1CCCCC2. The quantitative estimate of drug-likeness (QED) is 0.921. The number of nitrogens with zero attached hydrogens (tertiary/aromatic N) is 4. The first-order valence-corrected chi connectivity index (χ1v) is 8.58. The molecule has 1 aromatic rings. The molecule has 5 heteroatoms. The number of hydrogen-bond acceptors (Lipinski definition) is 4. The van der Waals surface area contributed by atoms with Gasteiger partial charge in [-0.3, -0.25) is 0 Å². The molecule has 2 aliphatic heterocycles. The highest BCUT2D eigenvalue weighted by atomic mass is 15.3. The van der Waals surface area contributed by atoms with Crippen LogP contribution in [0.3, 0.4) is 0 Å². The van der Waals surface area contributed by atoms with E-state index in [4.69, 9.17) is 0 Å². The number of aryl methyl sites for hydroxylation is 1. The monoisotopic (exact) mass is 291 g/mol. The Morgan fingerprint density at radius 2 is 2.10 bits per heavy atom. The van der Waals surface area contributed by atoms with E-state index in [-0.39, 0.29) is 0 Å². The first-order valence-electron chi connectivity index (χ1n) is 8.58.